The molecule has 162 valence electrons. The van der Waals surface area contributed by atoms with E-state index in [2.05, 4.69) is 27.7 Å². The van der Waals surface area contributed by atoms with Crippen LogP contribution >= 0.6 is 0 Å². The molecule has 1 fully saturated rings. The minimum atomic E-state index is -3.23. The predicted octanol–water partition coefficient (Wildman–Crippen LogP) is 2.48. The fourth-order valence-electron chi connectivity index (χ4n) is 3.30. The van der Waals surface area contributed by atoms with E-state index in [1.807, 2.05) is 19.1 Å². The molecule has 7 nitrogen and oxygen atoms in total. The molecule has 0 unspecified atom stereocenters. The molecule has 8 heteroatoms. The number of hydrogen-bond donors (Lipinski definition) is 2. The zero-order valence-corrected chi connectivity index (χ0v) is 18.2. The summed E-state index contributed by atoms with van der Waals surface area (Å²) in [6, 6.07) is 14.3. The lowest BCUT2D eigenvalue weighted by Crippen LogP contribution is -2.36. The van der Waals surface area contributed by atoms with Crippen LogP contribution in [0.3, 0.4) is 0 Å². The molecular formula is C22H29N3O4S. The van der Waals surface area contributed by atoms with E-state index >= 15 is 0 Å². The molecule has 30 heavy (non-hydrogen) atoms. The molecule has 0 bridgehead atoms. The van der Waals surface area contributed by atoms with Crippen LogP contribution < -0.4 is 10.6 Å². The molecule has 1 aliphatic heterocycles. The van der Waals surface area contributed by atoms with Crippen LogP contribution in [0, 0.1) is 0 Å². The molecule has 3 rings (SSSR count). The van der Waals surface area contributed by atoms with Gasteiger partial charge in [0.2, 0.25) is 0 Å². The Bertz CT molecular complexity index is 937. The van der Waals surface area contributed by atoms with Gasteiger partial charge in [-0.3, -0.25) is 4.90 Å². The maximum Gasteiger partial charge on any atom is 0.315 e. The summed E-state index contributed by atoms with van der Waals surface area (Å²) in [5, 5.41) is 5.74. The predicted molar refractivity (Wildman–Crippen MR) is 116 cm³/mol. The third kappa shape index (κ3) is 6.55. The zero-order chi connectivity index (χ0) is 21.6. The van der Waals surface area contributed by atoms with E-state index in [1.165, 1.54) is 11.8 Å². The van der Waals surface area contributed by atoms with Gasteiger partial charge in [-0.1, -0.05) is 36.4 Å². The van der Waals surface area contributed by atoms with Crippen LogP contribution in [-0.2, 0) is 27.7 Å². The largest absolute Gasteiger partial charge is 0.379 e. The van der Waals surface area contributed by atoms with Crippen LogP contribution in [0.25, 0.3) is 0 Å². The second-order valence-electron chi connectivity index (χ2n) is 7.59. The average Bonchev–Trinajstić information content (AvgIpc) is 2.73. The van der Waals surface area contributed by atoms with Gasteiger partial charge in [0.1, 0.15) is 0 Å². The third-order valence-corrected chi connectivity index (χ3v) is 6.27. The van der Waals surface area contributed by atoms with Crippen LogP contribution in [0.2, 0.25) is 0 Å². The minimum Gasteiger partial charge on any atom is -0.379 e. The Labute approximate surface area is 178 Å². The van der Waals surface area contributed by atoms with E-state index in [0.29, 0.717) is 6.54 Å². The summed E-state index contributed by atoms with van der Waals surface area (Å²) >= 11 is 0. The van der Waals surface area contributed by atoms with Crippen molar-refractivity contribution in [3.05, 3.63) is 65.2 Å². The van der Waals surface area contributed by atoms with Gasteiger partial charge in [0, 0.05) is 32.4 Å². The molecule has 0 aliphatic carbocycles. The lowest BCUT2D eigenvalue weighted by molar-refractivity contribution is 0.0342. The lowest BCUT2D eigenvalue weighted by atomic mass is 10.1. The SMILES string of the molecule is C[C@@H](NC(=O)NCc1ccc(CN2CCOCC2)cc1)c1ccc(S(C)(=O)=O)cc1. The van der Waals surface area contributed by atoms with Crippen molar-refractivity contribution in [2.45, 2.75) is 31.0 Å². The van der Waals surface area contributed by atoms with Crippen LogP contribution in [0.1, 0.15) is 29.7 Å². The summed E-state index contributed by atoms with van der Waals surface area (Å²) in [4.78, 5) is 14.9. The number of carbonyl (C=O) groups is 1. The van der Waals surface area contributed by atoms with Crippen molar-refractivity contribution < 1.29 is 17.9 Å². The summed E-state index contributed by atoms with van der Waals surface area (Å²) in [6.45, 7) is 6.69. The van der Waals surface area contributed by atoms with Crippen LogP contribution in [-0.4, -0.2) is 51.9 Å². The summed E-state index contributed by atoms with van der Waals surface area (Å²) < 4.78 is 28.5. The number of nitrogens with one attached hydrogen (secondary N) is 2. The molecule has 1 saturated heterocycles. The second kappa shape index (κ2) is 10.1. The topological polar surface area (TPSA) is 87.7 Å². The van der Waals surface area contributed by atoms with E-state index in [0.717, 1.165) is 44.0 Å². The Balaban J connectivity index is 1.45. The monoisotopic (exact) mass is 431 g/mol. The normalized spacial score (nSPS) is 16.1. The van der Waals surface area contributed by atoms with Crippen molar-refractivity contribution in [2.75, 3.05) is 32.6 Å². The quantitative estimate of drug-likeness (QED) is 0.703. The maximum absolute atomic E-state index is 12.2. The van der Waals surface area contributed by atoms with E-state index in [4.69, 9.17) is 4.74 Å². The van der Waals surface area contributed by atoms with Crippen LogP contribution in [0.5, 0.6) is 0 Å². The number of urea groups is 1. The number of carbonyl (C=O) groups excluding carboxylic acids is 1. The first-order valence-electron chi connectivity index (χ1n) is 10.0. The molecule has 1 atom stereocenters. The molecule has 1 aliphatic rings. The van der Waals surface area contributed by atoms with E-state index in [-0.39, 0.29) is 17.0 Å². The molecule has 0 aromatic heterocycles. The Morgan fingerprint density at radius 1 is 1.03 bits per heavy atom. The van der Waals surface area contributed by atoms with Crippen molar-refractivity contribution >= 4 is 15.9 Å². The fourth-order valence-corrected chi connectivity index (χ4v) is 3.93. The molecule has 2 aromatic rings. The van der Waals surface area contributed by atoms with Gasteiger partial charge in [-0.25, -0.2) is 13.2 Å². The molecule has 0 spiro atoms. The Hall–Kier alpha value is -2.42. The zero-order valence-electron chi connectivity index (χ0n) is 17.4. The summed E-state index contributed by atoms with van der Waals surface area (Å²) in [6.07, 6.45) is 1.17. The highest BCUT2D eigenvalue weighted by molar-refractivity contribution is 7.90. The highest BCUT2D eigenvalue weighted by Gasteiger charge is 2.12. The first kappa shape index (κ1) is 22.3. The minimum absolute atomic E-state index is 0.241. The van der Waals surface area contributed by atoms with Crippen molar-refractivity contribution in [1.82, 2.24) is 15.5 Å². The molecule has 2 amide bonds. The summed E-state index contributed by atoms with van der Waals surface area (Å²) in [7, 11) is -3.23. The first-order chi connectivity index (χ1) is 14.3. The van der Waals surface area contributed by atoms with Crippen LogP contribution in [0.15, 0.2) is 53.4 Å². The summed E-state index contributed by atoms with van der Waals surface area (Å²) in [5.41, 5.74) is 3.11. The number of benzene rings is 2. The molecule has 2 aromatic carbocycles. The van der Waals surface area contributed by atoms with Crippen molar-refractivity contribution in [3.63, 3.8) is 0 Å². The Morgan fingerprint density at radius 3 is 2.23 bits per heavy atom. The average molecular weight is 432 g/mol. The fraction of sp³-hybridized carbons (Fsp3) is 0.409. The number of morpholine rings is 1. The van der Waals surface area contributed by atoms with Gasteiger partial charge in [-0.05, 0) is 35.7 Å². The number of amides is 2. The van der Waals surface area contributed by atoms with Crippen molar-refractivity contribution in [1.29, 1.82) is 0 Å². The van der Waals surface area contributed by atoms with Gasteiger partial charge in [0.15, 0.2) is 9.84 Å². The smallest absolute Gasteiger partial charge is 0.315 e. The van der Waals surface area contributed by atoms with Crippen LogP contribution in [0.4, 0.5) is 4.79 Å². The number of hydrogen-bond acceptors (Lipinski definition) is 5. The molecule has 0 radical (unpaired) electrons. The standard InChI is InChI=1S/C22H29N3O4S/c1-17(20-7-9-21(10-8-20)30(2,27)28)24-22(26)23-15-18-3-5-19(6-4-18)16-25-11-13-29-14-12-25/h3-10,17H,11-16H2,1-2H3,(H2,23,24,26)/t17-/m1/s1. The van der Waals surface area contributed by atoms with Crippen molar-refractivity contribution in [3.8, 4) is 0 Å². The number of rotatable bonds is 7. The van der Waals surface area contributed by atoms with Gasteiger partial charge in [-0.15, -0.1) is 0 Å². The van der Waals surface area contributed by atoms with Gasteiger partial charge in [0.25, 0.3) is 0 Å². The molecule has 2 N–H and O–H groups in total. The molecule has 1 heterocycles. The van der Waals surface area contributed by atoms with Gasteiger partial charge >= 0.3 is 6.03 Å². The number of sulfone groups is 1. The Kier molecular flexibility index (Phi) is 7.47. The van der Waals surface area contributed by atoms with E-state index in [1.54, 1.807) is 24.3 Å². The van der Waals surface area contributed by atoms with Gasteiger partial charge in [0.05, 0.1) is 24.2 Å². The molecular weight excluding hydrogens is 402 g/mol. The third-order valence-electron chi connectivity index (χ3n) is 5.14. The highest BCUT2D eigenvalue weighted by atomic mass is 32.2. The lowest BCUT2D eigenvalue weighted by Gasteiger charge is -2.26. The van der Waals surface area contributed by atoms with E-state index in [9.17, 15) is 13.2 Å². The summed E-state index contributed by atoms with van der Waals surface area (Å²) in [5.74, 6) is 0. The maximum atomic E-state index is 12.2. The first-order valence-corrected chi connectivity index (χ1v) is 11.9. The second-order valence-corrected chi connectivity index (χ2v) is 9.61. The Morgan fingerprint density at radius 2 is 1.63 bits per heavy atom. The number of nitrogens with zero attached hydrogens (tertiary/aromatic N) is 1. The number of ether oxygens (including phenoxy) is 1. The van der Waals surface area contributed by atoms with Gasteiger partial charge < -0.3 is 15.4 Å². The van der Waals surface area contributed by atoms with Crippen molar-refractivity contribution in [2.24, 2.45) is 0 Å². The molecule has 0 saturated carbocycles. The van der Waals surface area contributed by atoms with Gasteiger partial charge in [-0.2, -0.15) is 0 Å². The van der Waals surface area contributed by atoms with E-state index < -0.39 is 9.84 Å². The highest BCUT2D eigenvalue weighted by Crippen LogP contribution is 2.16.